The number of pyridine rings is 1. The van der Waals surface area contributed by atoms with Gasteiger partial charge in [-0.1, -0.05) is 19.3 Å². The highest BCUT2D eigenvalue weighted by Gasteiger charge is 2.34. The van der Waals surface area contributed by atoms with Crippen LogP contribution in [0.15, 0.2) is 45.8 Å². The van der Waals surface area contributed by atoms with Gasteiger partial charge in [0.05, 0.1) is 18.8 Å². The van der Waals surface area contributed by atoms with Crippen molar-refractivity contribution < 1.29 is 4.42 Å². The largest absolute Gasteiger partial charge is 0.468 e. The average Bonchev–Trinajstić information content (AvgIpc) is 3.60. The molecule has 1 aliphatic carbocycles. The first kappa shape index (κ1) is 24.1. The topological polar surface area (TPSA) is 96.1 Å². The van der Waals surface area contributed by atoms with Crippen LogP contribution in [-0.2, 0) is 6.54 Å². The van der Waals surface area contributed by atoms with Gasteiger partial charge >= 0.3 is 0 Å². The summed E-state index contributed by atoms with van der Waals surface area (Å²) in [5.41, 5.74) is 3.88. The maximum absolute atomic E-state index is 13.6. The molecule has 3 aromatic heterocycles. The molecule has 1 aromatic carbocycles. The molecule has 0 bridgehead atoms. The third-order valence-electron chi connectivity index (χ3n) is 8.20. The van der Waals surface area contributed by atoms with Crippen molar-refractivity contribution in [2.24, 2.45) is 0 Å². The van der Waals surface area contributed by atoms with Gasteiger partial charge in [0.2, 0.25) is 0 Å². The molecule has 1 saturated carbocycles. The summed E-state index contributed by atoms with van der Waals surface area (Å²) in [5, 5.41) is 14.2. The SMILES string of the molecule is Cc1cc2cc(C(c3nnnn3C3CCCCC3)N3CCN(Cc4ccco4)CC3)c(=O)[nH]c2cc1C. The summed E-state index contributed by atoms with van der Waals surface area (Å²) in [6.07, 6.45) is 7.52. The summed E-state index contributed by atoms with van der Waals surface area (Å²) in [7, 11) is 0. The smallest absolute Gasteiger partial charge is 0.253 e. The van der Waals surface area contributed by atoms with Crippen LogP contribution in [0.3, 0.4) is 0 Å². The number of tetrazole rings is 1. The molecule has 2 aliphatic rings. The predicted octanol–water partition coefficient (Wildman–Crippen LogP) is 4.14. The number of hydrogen-bond acceptors (Lipinski definition) is 7. The fourth-order valence-electron chi connectivity index (χ4n) is 5.96. The third-order valence-corrected chi connectivity index (χ3v) is 8.20. The first-order chi connectivity index (χ1) is 18.1. The second kappa shape index (κ2) is 10.2. The van der Waals surface area contributed by atoms with Crippen molar-refractivity contribution in [1.82, 2.24) is 35.0 Å². The number of hydrogen-bond donors (Lipinski definition) is 1. The normalized spacial score (nSPS) is 19.0. The molecule has 1 aliphatic heterocycles. The minimum Gasteiger partial charge on any atom is -0.468 e. The van der Waals surface area contributed by atoms with Gasteiger partial charge in [0.25, 0.3) is 5.56 Å². The van der Waals surface area contributed by atoms with Crippen LogP contribution < -0.4 is 5.56 Å². The third kappa shape index (κ3) is 4.85. The molecule has 0 amide bonds. The van der Waals surface area contributed by atoms with Gasteiger partial charge in [-0.05, 0) is 84.0 Å². The van der Waals surface area contributed by atoms with Gasteiger partial charge in [0.15, 0.2) is 5.82 Å². The lowest BCUT2D eigenvalue weighted by atomic mass is 9.95. The molecule has 4 aromatic rings. The molecule has 1 unspecified atom stereocenters. The number of furan rings is 1. The molecular weight excluding hydrogens is 466 g/mol. The molecule has 0 radical (unpaired) electrons. The summed E-state index contributed by atoms with van der Waals surface area (Å²) < 4.78 is 7.58. The monoisotopic (exact) mass is 501 g/mol. The number of aryl methyl sites for hydroxylation is 2. The maximum Gasteiger partial charge on any atom is 0.253 e. The lowest BCUT2D eigenvalue weighted by molar-refractivity contribution is 0.0937. The lowest BCUT2D eigenvalue weighted by Gasteiger charge is -2.38. The summed E-state index contributed by atoms with van der Waals surface area (Å²) in [4.78, 5) is 21.5. The summed E-state index contributed by atoms with van der Waals surface area (Å²) >= 11 is 0. The number of benzene rings is 1. The van der Waals surface area contributed by atoms with E-state index in [0.717, 1.165) is 68.1 Å². The Balaban J connectivity index is 1.37. The number of fused-ring (bicyclic) bond motifs is 1. The molecule has 2 fully saturated rings. The van der Waals surface area contributed by atoms with Crippen molar-refractivity contribution in [2.75, 3.05) is 26.2 Å². The Labute approximate surface area is 216 Å². The molecule has 9 heteroatoms. The molecule has 1 atom stereocenters. The summed E-state index contributed by atoms with van der Waals surface area (Å²) in [6.45, 7) is 8.36. The highest BCUT2D eigenvalue weighted by molar-refractivity contribution is 5.81. The van der Waals surface area contributed by atoms with E-state index in [2.05, 4.69) is 62.4 Å². The van der Waals surface area contributed by atoms with Crippen LogP contribution in [0.25, 0.3) is 10.9 Å². The quantitative estimate of drug-likeness (QED) is 0.424. The van der Waals surface area contributed by atoms with Gasteiger partial charge in [0.1, 0.15) is 11.8 Å². The van der Waals surface area contributed by atoms with E-state index in [1.165, 1.54) is 30.4 Å². The number of aromatic nitrogens is 5. The van der Waals surface area contributed by atoms with Crippen molar-refractivity contribution in [3.05, 3.63) is 75.2 Å². The van der Waals surface area contributed by atoms with Crippen LogP contribution in [0.2, 0.25) is 0 Å². The molecule has 4 heterocycles. The van der Waals surface area contributed by atoms with Crippen LogP contribution in [-0.4, -0.2) is 61.2 Å². The van der Waals surface area contributed by atoms with Crippen LogP contribution >= 0.6 is 0 Å². The van der Waals surface area contributed by atoms with Crippen molar-refractivity contribution in [3.63, 3.8) is 0 Å². The van der Waals surface area contributed by atoms with Gasteiger partial charge in [0, 0.05) is 37.3 Å². The molecule has 194 valence electrons. The molecular formula is C28H35N7O2. The van der Waals surface area contributed by atoms with Gasteiger partial charge in [-0.15, -0.1) is 5.10 Å². The second-order valence-electron chi connectivity index (χ2n) is 10.6. The van der Waals surface area contributed by atoms with Gasteiger partial charge in [-0.3, -0.25) is 14.6 Å². The van der Waals surface area contributed by atoms with E-state index < -0.39 is 0 Å². The van der Waals surface area contributed by atoms with Crippen molar-refractivity contribution in [1.29, 1.82) is 0 Å². The molecule has 37 heavy (non-hydrogen) atoms. The predicted molar refractivity (Wildman–Crippen MR) is 141 cm³/mol. The Morgan fingerprint density at radius 2 is 1.84 bits per heavy atom. The minimum atomic E-state index is -0.308. The Bertz CT molecular complexity index is 1410. The molecule has 6 rings (SSSR count). The summed E-state index contributed by atoms with van der Waals surface area (Å²) in [5.74, 6) is 1.75. The zero-order chi connectivity index (χ0) is 25.4. The van der Waals surface area contributed by atoms with Gasteiger partial charge in [-0.2, -0.15) is 0 Å². The number of piperazine rings is 1. The standard InChI is InChI=1S/C28H35N7O2/c1-19-15-21-17-24(28(36)29-25(21)16-20(19)2)26(27-30-31-32-35(27)22-7-4-3-5-8-22)34-12-10-33(11-13-34)18-23-9-6-14-37-23/h6,9,14-17,22,26H,3-5,7-8,10-13,18H2,1-2H3,(H,29,36). The van der Waals surface area contributed by atoms with Crippen LogP contribution in [0, 0.1) is 13.8 Å². The number of nitrogens with zero attached hydrogens (tertiary/aromatic N) is 6. The van der Waals surface area contributed by atoms with Gasteiger partial charge < -0.3 is 9.40 Å². The average molecular weight is 502 g/mol. The molecule has 9 nitrogen and oxygen atoms in total. The Morgan fingerprint density at radius 1 is 1.05 bits per heavy atom. The van der Waals surface area contributed by atoms with Crippen LogP contribution in [0.4, 0.5) is 0 Å². The van der Waals surface area contributed by atoms with E-state index in [-0.39, 0.29) is 17.6 Å². The zero-order valence-electron chi connectivity index (χ0n) is 21.7. The first-order valence-electron chi connectivity index (χ1n) is 13.5. The van der Waals surface area contributed by atoms with E-state index in [4.69, 9.17) is 4.42 Å². The van der Waals surface area contributed by atoms with Gasteiger partial charge in [-0.25, -0.2) is 4.68 Å². The number of aromatic amines is 1. The van der Waals surface area contributed by atoms with E-state index in [1.54, 1.807) is 6.26 Å². The van der Waals surface area contributed by atoms with Crippen molar-refractivity contribution in [2.45, 2.75) is 64.6 Å². The van der Waals surface area contributed by atoms with E-state index in [9.17, 15) is 4.79 Å². The van der Waals surface area contributed by atoms with Crippen LogP contribution in [0.1, 0.15) is 72.5 Å². The Morgan fingerprint density at radius 3 is 2.59 bits per heavy atom. The molecule has 1 saturated heterocycles. The van der Waals surface area contributed by atoms with Crippen molar-refractivity contribution in [3.8, 4) is 0 Å². The Kier molecular flexibility index (Phi) is 6.65. The van der Waals surface area contributed by atoms with E-state index >= 15 is 0 Å². The second-order valence-corrected chi connectivity index (χ2v) is 10.6. The van der Waals surface area contributed by atoms with E-state index in [1.807, 2.05) is 16.8 Å². The molecule has 0 spiro atoms. The summed E-state index contributed by atoms with van der Waals surface area (Å²) in [6, 6.07) is 10.2. The highest BCUT2D eigenvalue weighted by atomic mass is 16.3. The highest BCUT2D eigenvalue weighted by Crippen LogP contribution is 2.33. The number of rotatable bonds is 6. The first-order valence-corrected chi connectivity index (χ1v) is 13.5. The number of H-pyrrole nitrogens is 1. The number of nitrogens with one attached hydrogen (secondary N) is 1. The van der Waals surface area contributed by atoms with Crippen LogP contribution in [0.5, 0.6) is 0 Å². The fraction of sp³-hybridized carbons (Fsp3) is 0.500. The lowest BCUT2D eigenvalue weighted by Crippen LogP contribution is -2.48. The van der Waals surface area contributed by atoms with Crippen molar-refractivity contribution >= 4 is 10.9 Å². The zero-order valence-corrected chi connectivity index (χ0v) is 21.7. The maximum atomic E-state index is 13.6. The Hall–Kier alpha value is -3.30. The molecule has 1 N–H and O–H groups in total. The van der Waals surface area contributed by atoms with E-state index in [0.29, 0.717) is 5.56 Å². The minimum absolute atomic E-state index is 0.0723. The fourth-order valence-corrected chi connectivity index (χ4v) is 5.96.